The number of methoxy groups -OCH3 is 1. The molecular weight excluding hydrogens is 317 g/mol. The number of nitrogens with zero attached hydrogens (tertiary/aromatic N) is 2. The Morgan fingerprint density at radius 3 is 2.83 bits per heavy atom. The molecule has 0 spiro atoms. The first-order valence-corrected chi connectivity index (χ1v) is 7.48. The average Bonchev–Trinajstić information content (AvgIpc) is 3.05. The first kappa shape index (κ1) is 15.1. The number of amides is 1. The Labute approximate surface area is 135 Å². The van der Waals surface area contributed by atoms with Gasteiger partial charge in [0.25, 0.3) is 5.91 Å². The van der Waals surface area contributed by atoms with E-state index in [1.54, 1.807) is 25.3 Å². The van der Waals surface area contributed by atoms with Crippen LogP contribution in [0.25, 0.3) is 11.3 Å². The molecule has 5 nitrogen and oxygen atoms in total. The topological polar surface area (TPSA) is 64.1 Å². The number of halogens is 1. The van der Waals surface area contributed by atoms with Crippen LogP contribution >= 0.6 is 11.5 Å². The van der Waals surface area contributed by atoms with Crippen LogP contribution in [-0.4, -0.2) is 22.6 Å². The second-order valence-electron chi connectivity index (χ2n) is 4.65. The fourth-order valence-electron chi connectivity index (χ4n) is 2.05. The molecule has 0 saturated carbocycles. The van der Waals surface area contributed by atoms with Crippen molar-refractivity contribution in [3.05, 3.63) is 59.2 Å². The molecular formula is C16H12FN3O2S. The lowest BCUT2D eigenvalue weighted by atomic mass is 10.1. The van der Waals surface area contributed by atoms with Crippen molar-refractivity contribution in [3.8, 4) is 17.0 Å². The third-order valence-electron chi connectivity index (χ3n) is 3.12. The van der Waals surface area contributed by atoms with Crippen LogP contribution in [0.2, 0.25) is 0 Å². The first-order valence-electron chi connectivity index (χ1n) is 6.71. The maximum Gasteiger partial charge on any atom is 0.269 e. The monoisotopic (exact) mass is 329 g/mol. The van der Waals surface area contributed by atoms with Gasteiger partial charge in [-0.1, -0.05) is 22.7 Å². The minimum atomic E-state index is -0.418. The fourth-order valence-corrected chi connectivity index (χ4v) is 2.64. The average molecular weight is 329 g/mol. The number of anilines is 1. The molecule has 0 radical (unpaired) electrons. The predicted molar refractivity (Wildman–Crippen MR) is 86.3 cm³/mol. The lowest BCUT2D eigenvalue weighted by molar-refractivity contribution is 0.103. The predicted octanol–water partition coefficient (Wildman–Crippen LogP) is 3.61. The largest absolute Gasteiger partial charge is 0.497 e. The Bertz CT molecular complexity index is 851. The number of carbonyl (C=O) groups excluding carboxylic acids is 1. The third-order valence-corrected chi connectivity index (χ3v) is 3.84. The number of carbonyl (C=O) groups is 1. The van der Waals surface area contributed by atoms with Crippen LogP contribution < -0.4 is 10.1 Å². The molecule has 0 unspecified atom stereocenters. The van der Waals surface area contributed by atoms with E-state index in [2.05, 4.69) is 14.9 Å². The van der Waals surface area contributed by atoms with Gasteiger partial charge in [0, 0.05) is 11.3 Å². The number of hydrogen-bond acceptors (Lipinski definition) is 5. The molecule has 1 heterocycles. The van der Waals surface area contributed by atoms with Gasteiger partial charge in [-0.25, -0.2) is 4.39 Å². The van der Waals surface area contributed by atoms with Gasteiger partial charge in [-0.3, -0.25) is 4.79 Å². The van der Waals surface area contributed by atoms with Crippen molar-refractivity contribution in [1.29, 1.82) is 0 Å². The molecule has 23 heavy (non-hydrogen) atoms. The number of rotatable bonds is 4. The molecule has 116 valence electrons. The molecule has 1 amide bonds. The van der Waals surface area contributed by atoms with Gasteiger partial charge in [-0.05, 0) is 41.9 Å². The molecule has 0 atom stereocenters. The summed E-state index contributed by atoms with van der Waals surface area (Å²) in [5, 5.41) is 6.66. The molecule has 7 heteroatoms. The lowest BCUT2D eigenvalue weighted by Gasteiger charge is -2.06. The normalized spacial score (nSPS) is 10.3. The molecule has 1 aromatic heterocycles. The van der Waals surface area contributed by atoms with E-state index in [0.29, 0.717) is 22.0 Å². The number of benzene rings is 2. The molecule has 0 saturated heterocycles. The van der Waals surface area contributed by atoms with Crippen LogP contribution in [0.5, 0.6) is 5.75 Å². The van der Waals surface area contributed by atoms with Crippen molar-refractivity contribution in [2.45, 2.75) is 0 Å². The Balaban J connectivity index is 1.89. The van der Waals surface area contributed by atoms with Crippen LogP contribution in [-0.2, 0) is 0 Å². The van der Waals surface area contributed by atoms with Crippen LogP contribution in [0.15, 0.2) is 48.5 Å². The summed E-state index contributed by atoms with van der Waals surface area (Å²) < 4.78 is 22.2. The lowest BCUT2D eigenvalue weighted by Crippen LogP contribution is -2.11. The van der Waals surface area contributed by atoms with E-state index >= 15 is 0 Å². The fraction of sp³-hybridized carbons (Fsp3) is 0.0625. The highest BCUT2D eigenvalue weighted by Crippen LogP contribution is 2.27. The summed E-state index contributed by atoms with van der Waals surface area (Å²) in [5.74, 6) is -0.145. The molecule has 2 aromatic carbocycles. The van der Waals surface area contributed by atoms with E-state index < -0.39 is 5.82 Å². The standard InChI is InChI=1S/C16H12FN3O2S/c1-22-13-7-2-4-10(8-13)14-15(23-20-19-14)16(21)18-12-6-3-5-11(17)9-12/h2-9H,1H3,(H,18,21). The zero-order valence-corrected chi connectivity index (χ0v) is 12.9. The summed E-state index contributed by atoms with van der Waals surface area (Å²) >= 11 is 0.982. The Hall–Kier alpha value is -2.80. The number of aromatic nitrogens is 2. The van der Waals surface area contributed by atoms with Gasteiger partial charge in [0.2, 0.25) is 0 Å². The summed E-state index contributed by atoms with van der Waals surface area (Å²) in [7, 11) is 1.57. The maximum absolute atomic E-state index is 13.2. The highest BCUT2D eigenvalue weighted by molar-refractivity contribution is 7.08. The highest BCUT2D eigenvalue weighted by atomic mass is 32.1. The van der Waals surface area contributed by atoms with E-state index in [0.717, 1.165) is 17.1 Å². The molecule has 0 aliphatic rings. The van der Waals surface area contributed by atoms with Gasteiger partial charge < -0.3 is 10.1 Å². The zero-order chi connectivity index (χ0) is 16.2. The van der Waals surface area contributed by atoms with E-state index in [4.69, 9.17) is 4.74 Å². The van der Waals surface area contributed by atoms with Crippen molar-refractivity contribution in [3.63, 3.8) is 0 Å². The van der Waals surface area contributed by atoms with Gasteiger partial charge in [-0.15, -0.1) is 5.10 Å². The maximum atomic E-state index is 13.2. The Kier molecular flexibility index (Phi) is 4.29. The van der Waals surface area contributed by atoms with Crippen LogP contribution in [0.4, 0.5) is 10.1 Å². The van der Waals surface area contributed by atoms with Crippen LogP contribution in [0, 0.1) is 5.82 Å². The van der Waals surface area contributed by atoms with Crippen LogP contribution in [0.3, 0.4) is 0 Å². The first-order chi connectivity index (χ1) is 11.2. The van der Waals surface area contributed by atoms with Gasteiger partial charge in [0.15, 0.2) is 0 Å². The SMILES string of the molecule is COc1cccc(-c2nnsc2C(=O)Nc2cccc(F)c2)c1. The van der Waals surface area contributed by atoms with Crippen molar-refractivity contribution >= 4 is 23.1 Å². The van der Waals surface area contributed by atoms with E-state index in [-0.39, 0.29) is 5.91 Å². The minimum absolute atomic E-state index is 0.350. The summed E-state index contributed by atoms with van der Waals surface area (Å²) in [5.41, 5.74) is 1.56. The molecule has 1 N–H and O–H groups in total. The summed E-state index contributed by atoms with van der Waals surface area (Å²) in [6, 6.07) is 12.9. The number of hydrogen-bond donors (Lipinski definition) is 1. The quantitative estimate of drug-likeness (QED) is 0.794. The number of nitrogens with one attached hydrogen (secondary N) is 1. The van der Waals surface area contributed by atoms with Crippen molar-refractivity contribution in [2.24, 2.45) is 0 Å². The summed E-state index contributed by atoms with van der Waals surface area (Å²) in [6.45, 7) is 0. The van der Waals surface area contributed by atoms with Gasteiger partial charge in [0.05, 0.1) is 7.11 Å². The Morgan fingerprint density at radius 1 is 1.22 bits per heavy atom. The molecule has 3 aromatic rings. The smallest absolute Gasteiger partial charge is 0.269 e. The molecule has 0 fully saturated rings. The van der Waals surface area contributed by atoms with E-state index in [1.807, 2.05) is 12.1 Å². The van der Waals surface area contributed by atoms with Crippen molar-refractivity contribution < 1.29 is 13.9 Å². The van der Waals surface area contributed by atoms with Crippen LogP contribution in [0.1, 0.15) is 9.67 Å². The van der Waals surface area contributed by atoms with Gasteiger partial charge in [0.1, 0.15) is 22.1 Å². The van der Waals surface area contributed by atoms with Crippen molar-refractivity contribution in [1.82, 2.24) is 9.59 Å². The van der Waals surface area contributed by atoms with Gasteiger partial charge in [-0.2, -0.15) is 0 Å². The number of ether oxygens (including phenoxy) is 1. The summed E-state index contributed by atoms with van der Waals surface area (Å²) in [4.78, 5) is 12.8. The second-order valence-corrected chi connectivity index (χ2v) is 5.40. The van der Waals surface area contributed by atoms with Crippen molar-refractivity contribution in [2.75, 3.05) is 12.4 Å². The zero-order valence-electron chi connectivity index (χ0n) is 12.1. The Morgan fingerprint density at radius 2 is 2.04 bits per heavy atom. The molecule has 0 bridgehead atoms. The highest BCUT2D eigenvalue weighted by Gasteiger charge is 2.18. The van der Waals surface area contributed by atoms with Gasteiger partial charge >= 0.3 is 0 Å². The minimum Gasteiger partial charge on any atom is -0.497 e. The molecule has 3 rings (SSSR count). The van der Waals surface area contributed by atoms with E-state index in [9.17, 15) is 9.18 Å². The van der Waals surface area contributed by atoms with E-state index in [1.165, 1.54) is 18.2 Å². The summed E-state index contributed by atoms with van der Waals surface area (Å²) in [6.07, 6.45) is 0. The third kappa shape index (κ3) is 3.35. The molecule has 0 aliphatic heterocycles. The molecule has 0 aliphatic carbocycles. The second kappa shape index (κ2) is 6.53.